The maximum absolute atomic E-state index is 9.91. The van der Waals surface area contributed by atoms with E-state index in [0.29, 0.717) is 6.54 Å². The molecule has 0 saturated carbocycles. The first-order chi connectivity index (χ1) is 4.35. The van der Waals surface area contributed by atoms with Crippen molar-refractivity contribution in [2.24, 2.45) is 0 Å². The number of carbonyl (C=O) groups excluding carboxylic acids is 1. The Morgan fingerprint density at radius 1 is 1.89 bits per heavy atom. The first-order valence-corrected chi connectivity index (χ1v) is 3.00. The molecule has 3 nitrogen and oxygen atoms in total. The molecule has 0 fully saturated rings. The average Bonchev–Trinajstić information content (AvgIpc) is 1.91. The Balaban J connectivity index is 3.30. The summed E-state index contributed by atoms with van der Waals surface area (Å²) < 4.78 is 4.63. The van der Waals surface area contributed by atoms with E-state index in [2.05, 4.69) is 17.0 Å². The third-order valence-corrected chi connectivity index (χ3v) is 0.945. The highest BCUT2D eigenvalue weighted by Crippen LogP contribution is 1.80. The van der Waals surface area contributed by atoms with Crippen LogP contribution in [0.25, 0.3) is 0 Å². The quantitative estimate of drug-likeness (QED) is 0.317. The zero-order valence-electron chi connectivity index (χ0n) is 5.16. The van der Waals surface area contributed by atoms with E-state index in [4.69, 9.17) is 0 Å². The van der Waals surface area contributed by atoms with Gasteiger partial charge in [-0.2, -0.15) is 0 Å². The molecule has 0 aliphatic carbocycles. The van der Waals surface area contributed by atoms with Crippen molar-refractivity contribution >= 4 is 24.2 Å². The van der Waals surface area contributed by atoms with E-state index in [1.54, 1.807) is 6.41 Å². The molecule has 0 aromatic rings. The number of hydrogen-bond donors (Lipinski definition) is 0. The molecule has 0 aliphatic rings. The van der Waals surface area contributed by atoms with Crippen molar-refractivity contribution in [1.82, 2.24) is 4.90 Å². The molecule has 0 aromatic carbocycles. The van der Waals surface area contributed by atoms with Gasteiger partial charge in [0.25, 0.3) is 0 Å². The number of amides is 1. The summed E-state index contributed by atoms with van der Waals surface area (Å²) in [6.07, 6.45) is 1.68. The van der Waals surface area contributed by atoms with Gasteiger partial charge >= 0.3 is 6.41 Å². The Bertz CT molecular complexity index is 97.0. The highest BCUT2D eigenvalue weighted by molar-refractivity contribution is 7.78. The van der Waals surface area contributed by atoms with Gasteiger partial charge in [0.2, 0.25) is 0 Å². The summed E-state index contributed by atoms with van der Waals surface area (Å²) in [6, 6.07) is 0. The number of rotatable bonds is 5. The second-order valence-electron chi connectivity index (χ2n) is 1.34. The minimum absolute atomic E-state index is 0.198. The Morgan fingerprint density at radius 2 is 2.56 bits per heavy atom. The van der Waals surface area contributed by atoms with E-state index in [0.717, 1.165) is 5.55 Å². The van der Waals surface area contributed by atoms with Crippen LogP contribution in [0, 0.1) is 0 Å². The topological polar surface area (TPSA) is 29.5 Å². The van der Waals surface area contributed by atoms with Crippen molar-refractivity contribution in [2.45, 2.75) is 6.92 Å². The van der Waals surface area contributed by atoms with Crippen LogP contribution in [-0.2, 0) is 9.53 Å². The maximum Gasteiger partial charge on any atom is 0.314 e. The molecular formula is C5H8NO2S. The summed E-state index contributed by atoms with van der Waals surface area (Å²) in [5, 5.41) is 0. The van der Waals surface area contributed by atoms with Gasteiger partial charge in [-0.1, -0.05) is 0 Å². The van der Waals surface area contributed by atoms with Gasteiger partial charge in [0.15, 0.2) is 6.73 Å². The molecular weight excluding hydrogens is 138 g/mol. The van der Waals surface area contributed by atoms with Crippen molar-refractivity contribution in [1.29, 1.82) is 0 Å². The van der Waals surface area contributed by atoms with Gasteiger partial charge in [0.1, 0.15) is 5.55 Å². The van der Waals surface area contributed by atoms with Crippen LogP contribution >= 0.6 is 12.2 Å². The van der Waals surface area contributed by atoms with Crippen molar-refractivity contribution in [2.75, 3.05) is 13.3 Å². The first-order valence-electron chi connectivity index (χ1n) is 2.53. The molecule has 0 aromatic heterocycles. The van der Waals surface area contributed by atoms with Crippen molar-refractivity contribution < 1.29 is 9.53 Å². The summed E-state index contributed by atoms with van der Waals surface area (Å²) in [4.78, 5) is 11.3. The van der Waals surface area contributed by atoms with Crippen LogP contribution in [0.15, 0.2) is 0 Å². The normalized spacial score (nSPS) is 8.11. The van der Waals surface area contributed by atoms with E-state index < -0.39 is 0 Å². The molecule has 9 heavy (non-hydrogen) atoms. The fourth-order valence-electron chi connectivity index (χ4n) is 0.303. The van der Waals surface area contributed by atoms with E-state index in [1.807, 2.05) is 6.92 Å². The molecule has 4 heteroatoms. The van der Waals surface area contributed by atoms with Gasteiger partial charge in [-0.25, -0.2) is 0 Å². The molecule has 0 N–H and O–H groups in total. The minimum atomic E-state index is 0.198. The van der Waals surface area contributed by atoms with E-state index in [1.165, 1.54) is 4.90 Å². The van der Waals surface area contributed by atoms with E-state index >= 15 is 0 Å². The standard InChI is InChI=1S/C5H8NO2S/c1-2-6(3-7)4-8-5-9/h5H,2,4H2,1H3. The summed E-state index contributed by atoms with van der Waals surface area (Å²) >= 11 is 4.36. The zero-order chi connectivity index (χ0) is 7.11. The van der Waals surface area contributed by atoms with Crippen LogP contribution in [0.3, 0.4) is 0 Å². The third kappa shape index (κ3) is 3.90. The van der Waals surface area contributed by atoms with Crippen LogP contribution in [0.2, 0.25) is 0 Å². The smallest absolute Gasteiger partial charge is 0.314 e. The largest absolute Gasteiger partial charge is 0.469 e. The lowest BCUT2D eigenvalue weighted by Crippen LogP contribution is -2.23. The van der Waals surface area contributed by atoms with Gasteiger partial charge in [-0.3, -0.25) is 4.79 Å². The van der Waals surface area contributed by atoms with Crippen molar-refractivity contribution in [3.8, 4) is 0 Å². The lowest BCUT2D eigenvalue weighted by atomic mass is 10.7. The SMILES string of the molecule is CCN([C]=O)COC=S. The predicted molar refractivity (Wildman–Crippen MR) is 37.7 cm³/mol. The summed E-state index contributed by atoms with van der Waals surface area (Å²) in [5.41, 5.74) is 1.12. The number of ether oxygens (including phenoxy) is 1. The molecule has 0 heterocycles. The van der Waals surface area contributed by atoms with Crippen LogP contribution in [0.5, 0.6) is 0 Å². The van der Waals surface area contributed by atoms with Crippen LogP contribution in [0.1, 0.15) is 6.92 Å². The van der Waals surface area contributed by atoms with Gasteiger partial charge in [-0.05, 0) is 19.1 Å². The number of hydrogen-bond acceptors (Lipinski definition) is 3. The molecule has 0 spiro atoms. The second kappa shape index (κ2) is 5.50. The van der Waals surface area contributed by atoms with E-state index in [-0.39, 0.29) is 6.73 Å². The molecule has 1 radical (unpaired) electrons. The van der Waals surface area contributed by atoms with Crippen LogP contribution in [-0.4, -0.2) is 30.1 Å². The minimum Gasteiger partial charge on any atom is -0.469 e. The Labute approximate surface area is 59.6 Å². The highest BCUT2D eigenvalue weighted by Gasteiger charge is 1.95. The van der Waals surface area contributed by atoms with Crippen LogP contribution in [0.4, 0.5) is 0 Å². The fourth-order valence-corrected chi connectivity index (χ4v) is 0.363. The van der Waals surface area contributed by atoms with Crippen LogP contribution < -0.4 is 0 Å². The average molecular weight is 146 g/mol. The molecule has 0 atom stereocenters. The molecule has 0 saturated heterocycles. The maximum atomic E-state index is 9.91. The summed E-state index contributed by atoms with van der Waals surface area (Å²) in [5.74, 6) is 0. The first kappa shape index (κ1) is 8.36. The number of nitrogens with zero attached hydrogens (tertiary/aromatic N) is 1. The van der Waals surface area contributed by atoms with E-state index in [9.17, 15) is 4.79 Å². The lowest BCUT2D eigenvalue weighted by molar-refractivity contribution is 0.193. The monoisotopic (exact) mass is 146 g/mol. The highest BCUT2D eigenvalue weighted by atomic mass is 32.1. The second-order valence-corrected chi connectivity index (χ2v) is 1.53. The van der Waals surface area contributed by atoms with Gasteiger partial charge in [0.05, 0.1) is 0 Å². The Morgan fingerprint density at radius 3 is 2.89 bits per heavy atom. The van der Waals surface area contributed by atoms with Crippen molar-refractivity contribution in [3.63, 3.8) is 0 Å². The molecule has 0 unspecified atom stereocenters. The summed E-state index contributed by atoms with van der Waals surface area (Å²) in [6.45, 7) is 2.62. The summed E-state index contributed by atoms with van der Waals surface area (Å²) in [7, 11) is 0. The molecule has 0 aliphatic heterocycles. The molecule has 0 rings (SSSR count). The zero-order valence-corrected chi connectivity index (χ0v) is 5.98. The fraction of sp³-hybridized carbons (Fsp3) is 0.600. The Hall–Kier alpha value is -0.640. The lowest BCUT2D eigenvalue weighted by Gasteiger charge is -2.10. The van der Waals surface area contributed by atoms with Gasteiger partial charge < -0.3 is 9.64 Å². The molecule has 51 valence electrons. The van der Waals surface area contributed by atoms with Gasteiger partial charge in [0, 0.05) is 6.54 Å². The molecule has 1 amide bonds. The third-order valence-electron chi connectivity index (χ3n) is 0.809. The Kier molecular flexibility index (Phi) is 5.11. The van der Waals surface area contributed by atoms with Crippen molar-refractivity contribution in [3.05, 3.63) is 0 Å². The van der Waals surface area contributed by atoms with Gasteiger partial charge in [-0.15, -0.1) is 0 Å². The number of thiocarbonyl (C=S) groups is 1. The predicted octanol–water partition coefficient (Wildman–Crippen LogP) is 0.307. The molecule has 0 bridgehead atoms.